The van der Waals surface area contributed by atoms with Crippen LogP contribution in [0, 0.1) is 0 Å². The van der Waals surface area contributed by atoms with Crippen LogP contribution in [0.2, 0.25) is 0 Å². The minimum absolute atomic E-state index is 0.260. The number of nitrogens with one attached hydrogen (secondary N) is 1. The number of anilines is 2. The molecule has 0 aliphatic heterocycles. The lowest BCUT2D eigenvalue weighted by Gasteiger charge is -2.17. The zero-order chi connectivity index (χ0) is 11.1. The third kappa shape index (κ3) is 4.12. The fourth-order valence-electron chi connectivity index (χ4n) is 1.41. The molecule has 0 aliphatic carbocycles. The van der Waals surface area contributed by atoms with Crippen molar-refractivity contribution < 1.29 is 4.74 Å². The third-order valence-electron chi connectivity index (χ3n) is 2.01. The van der Waals surface area contributed by atoms with Gasteiger partial charge in [-0.25, -0.2) is 4.98 Å². The molecule has 5 heteroatoms. The first-order chi connectivity index (χ1) is 7.26. The Labute approximate surface area is 90.1 Å². The number of nitrogen functional groups attached to an aromatic ring is 1. The van der Waals surface area contributed by atoms with Crippen LogP contribution in [-0.4, -0.2) is 29.7 Å². The zero-order valence-electron chi connectivity index (χ0n) is 9.23. The number of ether oxygens (including phenoxy) is 1. The maximum atomic E-state index is 5.54. The van der Waals surface area contributed by atoms with E-state index in [9.17, 15) is 0 Å². The van der Waals surface area contributed by atoms with E-state index in [4.69, 9.17) is 10.5 Å². The van der Waals surface area contributed by atoms with Gasteiger partial charge in [-0.3, -0.25) is 4.98 Å². The van der Waals surface area contributed by atoms with Crippen LogP contribution in [0.25, 0.3) is 0 Å². The molecule has 0 radical (unpaired) electrons. The highest BCUT2D eigenvalue weighted by molar-refractivity contribution is 5.39. The molecular formula is C10H18N4O. The minimum atomic E-state index is 0.260. The molecule has 1 aromatic heterocycles. The van der Waals surface area contributed by atoms with E-state index in [2.05, 4.69) is 22.2 Å². The quantitative estimate of drug-likeness (QED) is 0.740. The molecule has 0 saturated carbocycles. The second kappa shape index (κ2) is 6.19. The topological polar surface area (TPSA) is 73.1 Å². The summed E-state index contributed by atoms with van der Waals surface area (Å²) in [5, 5.41) is 3.24. The van der Waals surface area contributed by atoms with Gasteiger partial charge in [-0.2, -0.15) is 0 Å². The molecule has 1 aromatic rings. The van der Waals surface area contributed by atoms with Gasteiger partial charge < -0.3 is 15.8 Å². The van der Waals surface area contributed by atoms with Crippen molar-refractivity contribution >= 4 is 11.6 Å². The van der Waals surface area contributed by atoms with Crippen molar-refractivity contribution in [1.82, 2.24) is 9.97 Å². The fraction of sp³-hybridized carbons (Fsp3) is 0.600. The van der Waals surface area contributed by atoms with E-state index >= 15 is 0 Å². The third-order valence-corrected chi connectivity index (χ3v) is 2.01. The van der Waals surface area contributed by atoms with E-state index in [-0.39, 0.29) is 6.04 Å². The Bertz CT molecular complexity index is 287. The number of aromatic nitrogens is 2. The second-order valence-electron chi connectivity index (χ2n) is 3.41. The van der Waals surface area contributed by atoms with Gasteiger partial charge in [-0.15, -0.1) is 0 Å². The minimum Gasteiger partial charge on any atom is -0.383 e. The summed E-state index contributed by atoms with van der Waals surface area (Å²) in [7, 11) is 1.69. The molecule has 1 rings (SSSR count). The number of rotatable bonds is 6. The Hall–Kier alpha value is -1.36. The van der Waals surface area contributed by atoms with Crippen molar-refractivity contribution in [1.29, 1.82) is 0 Å². The highest BCUT2D eigenvalue weighted by Crippen LogP contribution is 2.08. The van der Waals surface area contributed by atoms with Crippen LogP contribution in [0.4, 0.5) is 11.6 Å². The molecule has 0 saturated heterocycles. The Morgan fingerprint density at radius 3 is 2.93 bits per heavy atom. The van der Waals surface area contributed by atoms with Crippen molar-refractivity contribution in [2.45, 2.75) is 25.8 Å². The summed E-state index contributed by atoms with van der Waals surface area (Å²) in [6.07, 6.45) is 5.31. The molecule has 1 unspecified atom stereocenters. The van der Waals surface area contributed by atoms with E-state index < -0.39 is 0 Å². The lowest BCUT2D eigenvalue weighted by molar-refractivity contribution is 0.182. The largest absolute Gasteiger partial charge is 0.383 e. The standard InChI is InChI=1S/C10H18N4O/c1-3-4-8(7-15-2)13-10-6-12-5-9(11)14-10/h5-6,8H,3-4,7H2,1-2H3,(H3,11,13,14). The Morgan fingerprint density at radius 1 is 1.53 bits per heavy atom. The lowest BCUT2D eigenvalue weighted by atomic mass is 10.2. The summed E-state index contributed by atoms with van der Waals surface area (Å²) in [5.41, 5.74) is 5.54. The van der Waals surface area contributed by atoms with Crippen molar-refractivity contribution in [3.8, 4) is 0 Å². The normalized spacial score (nSPS) is 12.4. The number of nitrogens with zero attached hydrogens (tertiary/aromatic N) is 2. The predicted octanol–water partition coefficient (Wildman–Crippen LogP) is 1.29. The van der Waals surface area contributed by atoms with E-state index in [1.807, 2.05) is 0 Å². The Morgan fingerprint density at radius 2 is 2.33 bits per heavy atom. The van der Waals surface area contributed by atoms with Crippen molar-refractivity contribution in [3.05, 3.63) is 12.4 Å². The number of nitrogens with two attached hydrogens (primary N) is 1. The van der Waals surface area contributed by atoms with E-state index in [1.54, 1.807) is 13.3 Å². The van der Waals surface area contributed by atoms with Crippen molar-refractivity contribution in [3.63, 3.8) is 0 Å². The molecular weight excluding hydrogens is 192 g/mol. The van der Waals surface area contributed by atoms with Crippen LogP contribution in [-0.2, 0) is 4.74 Å². The van der Waals surface area contributed by atoms with Crippen LogP contribution in [0.5, 0.6) is 0 Å². The van der Waals surface area contributed by atoms with Crippen molar-refractivity contribution in [2.24, 2.45) is 0 Å². The molecule has 0 spiro atoms. The predicted molar refractivity (Wildman–Crippen MR) is 60.6 cm³/mol. The monoisotopic (exact) mass is 210 g/mol. The summed E-state index contributed by atoms with van der Waals surface area (Å²) in [5.74, 6) is 1.12. The van der Waals surface area contributed by atoms with Gasteiger partial charge in [0, 0.05) is 7.11 Å². The van der Waals surface area contributed by atoms with Gasteiger partial charge in [-0.1, -0.05) is 13.3 Å². The molecule has 0 amide bonds. The zero-order valence-corrected chi connectivity index (χ0v) is 9.23. The highest BCUT2D eigenvalue weighted by atomic mass is 16.5. The fourth-order valence-corrected chi connectivity index (χ4v) is 1.41. The molecule has 5 nitrogen and oxygen atoms in total. The van der Waals surface area contributed by atoms with Crippen LogP contribution in [0.1, 0.15) is 19.8 Å². The first kappa shape index (κ1) is 11.7. The van der Waals surface area contributed by atoms with Gasteiger partial charge in [0.1, 0.15) is 11.6 Å². The van der Waals surface area contributed by atoms with Gasteiger partial charge in [0.15, 0.2) is 0 Å². The number of hydrogen-bond donors (Lipinski definition) is 2. The first-order valence-electron chi connectivity index (χ1n) is 5.09. The first-order valence-corrected chi connectivity index (χ1v) is 5.09. The summed E-state index contributed by atoms with van der Waals surface area (Å²) in [4.78, 5) is 8.09. The molecule has 1 heterocycles. The molecule has 0 aliphatic rings. The summed E-state index contributed by atoms with van der Waals surface area (Å²) in [6.45, 7) is 2.79. The molecule has 15 heavy (non-hydrogen) atoms. The smallest absolute Gasteiger partial charge is 0.147 e. The van der Waals surface area contributed by atoms with E-state index in [0.717, 1.165) is 12.8 Å². The molecule has 84 valence electrons. The van der Waals surface area contributed by atoms with Crippen LogP contribution in [0.15, 0.2) is 12.4 Å². The van der Waals surface area contributed by atoms with Crippen molar-refractivity contribution in [2.75, 3.05) is 24.8 Å². The van der Waals surface area contributed by atoms with Gasteiger partial charge in [0.05, 0.1) is 25.0 Å². The molecule has 3 N–H and O–H groups in total. The molecule has 0 bridgehead atoms. The summed E-state index contributed by atoms with van der Waals surface area (Å²) in [6, 6.07) is 0.260. The maximum Gasteiger partial charge on any atom is 0.147 e. The lowest BCUT2D eigenvalue weighted by Crippen LogP contribution is -2.25. The molecule has 0 fully saturated rings. The van der Waals surface area contributed by atoms with E-state index in [1.165, 1.54) is 6.20 Å². The highest BCUT2D eigenvalue weighted by Gasteiger charge is 2.07. The van der Waals surface area contributed by atoms with Gasteiger partial charge in [0.2, 0.25) is 0 Å². The van der Waals surface area contributed by atoms with Crippen LogP contribution >= 0.6 is 0 Å². The number of methoxy groups -OCH3 is 1. The maximum absolute atomic E-state index is 5.54. The average molecular weight is 210 g/mol. The average Bonchev–Trinajstić information content (AvgIpc) is 2.18. The van der Waals surface area contributed by atoms with E-state index in [0.29, 0.717) is 18.2 Å². The van der Waals surface area contributed by atoms with Gasteiger partial charge in [0.25, 0.3) is 0 Å². The van der Waals surface area contributed by atoms with Crippen LogP contribution < -0.4 is 11.1 Å². The Kier molecular flexibility index (Phi) is 4.83. The van der Waals surface area contributed by atoms with Gasteiger partial charge in [-0.05, 0) is 6.42 Å². The molecule has 1 atom stereocenters. The second-order valence-corrected chi connectivity index (χ2v) is 3.41. The Balaban J connectivity index is 2.56. The van der Waals surface area contributed by atoms with Crippen LogP contribution in [0.3, 0.4) is 0 Å². The van der Waals surface area contributed by atoms with Gasteiger partial charge >= 0.3 is 0 Å². The molecule has 0 aromatic carbocycles. The SMILES string of the molecule is CCCC(COC)Nc1cncc(N)n1. The summed E-state index contributed by atoms with van der Waals surface area (Å²) < 4.78 is 5.12. The number of hydrogen-bond acceptors (Lipinski definition) is 5. The summed E-state index contributed by atoms with van der Waals surface area (Å²) >= 11 is 0.